The van der Waals surface area contributed by atoms with Gasteiger partial charge in [0.1, 0.15) is 5.75 Å². The summed E-state index contributed by atoms with van der Waals surface area (Å²) in [6.45, 7) is 2.52. The molecule has 31 heavy (non-hydrogen) atoms. The maximum atomic E-state index is 12.6. The number of rotatable bonds is 8. The number of amides is 1. The molecule has 1 aliphatic heterocycles. The molecule has 2 aromatic carbocycles. The van der Waals surface area contributed by atoms with E-state index in [2.05, 4.69) is 64.4 Å². The lowest BCUT2D eigenvalue weighted by molar-refractivity contribution is -0.121. The number of carbonyl (C=O) groups is 1. The van der Waals surface area contributed by atoms with E-state index < -0.39 is 0 Å². The molecule has 5 heteroatoms. The van der Waals surface area contributed by atoms with Crippen LogP contribution in [0, 0.1) is 0 Å². The van der Waals surface area contributed by atoms with Crippen LogP contribution in [0.4, 0.5) is 0 Å². The van der Waals surface area contributed by atoms with E-state index in [4.69, 9.17) is 4.74 Å². The topological polar surface area (TPSA) is 46.5 Å². The van der Waals surface area contributed by atoms with Crippen LogP contribution in [-0.4, -0.2) is 35.6 Å². The Morgan fingerprint density at radius 3 is 2.55 bits per heavy atom. The first-order chi connectivity index (χ1) is 15.1. The van der Waals surface area contributed by atoms with E-state index >= 15 is 0 Å². The third-order valence-electron chi connectivity index (χ3n) is 6.22. The van der Waals surface area contributed by atoms with Crippen LogP contribution >= 0.6 is 0 Å². The maximum absolute atomic E-state index is 12.6. The minimum absolute atomic E-state index is 0.0902. The third-order valence-corrected chi connectivity index (χ3v) is 6.22. The molecule has 5 nitrogen and oxygen atoms in total. The summed E-state index contributed by atoms with van der Waals surface area (Å²) in [5.74, 6) is 0.925. The lowest BCUT2D eigenvalue weighted by Crippen LogP contribution is -2.41. The molecule has 0 bridgehead atoms. The molecule has 1 unspecified atom stereocenters. The normalized spacial score (nSPS) is 14.6. The summed E-state index contributed by atoms with van der Waals surface area (Å²) in [6, 6.07) is 21.0. The van der Waals surface area contributed by atoms with Crippen LogP contribution in [0.2, 0.25) is 0 Å². The summed E-state index contributed by atoms with van der Waals surface area (Å²) in [6.07, 6.45) is 4.32. The molecule has 0 spiro atoms. The first-order valence-electron chi connectivity index (χ1n) is 11.0. The van der Waals surface area contributed by atoms with Gasteiger partial charge in [0, 0.05) is 45.0 Å². The Morgan fingerprint density at radius 1 is 1.06 bits per heavy atom. The van der Waals surface area contributed by atoms with Gasteiger partial charge in [-0.2, -0.15) is 0 Å². The SMILES string of the molecule is COc1ccc(CCC(=O)NCC(c2cccn2C)N2CCc3ccccc3C2)cc1. The number of methoxy groups -OCH3 is 1. The number of ether oxygens (including phenoxy) is 1. The first-order valence-corrected chi connectivity index (χ1v) is 11.0. The molecular formula is C26H31N3O2. The van der Waals surface area contributed by atoms with Crippen molar-refractivity contribution < 1.29 is 9.53 Å². The second kappa shape index (κ2) is 9.84. The predicted molar refractivity (Wildman–Crippen MR) is 123 cm³/mol. The number of benzene rings is 2. The van der Waals surface area contributed by atoms with Crippen molar-refractivity contribution in [2.24, 2.45) is 7.05 Å². The predicted octanol–water partition coefficient (Wildman–Crippen LogP) is 3.88. The monoisotopic (exact) mass is 417 g/mol. The molecule has 1 N–H and O–H groups in total. The standard InChI is InChI=1S/C26H31N3O2/c1-28-16-5-8-24(28)25(29-17-15-21-6-3-4-7-22(21)19-29)18-27-26(30)14-11-20-9-12-23(31-2)13-10-20/h3-10,12-13,16,25H,11,14-15,17-19H2,1-2H3,(H,27,30). The third kappa shape index (κ3) is 5.17. The molecule has 0 aliphatic carbocycles. The number of fused-ring (bicyclic) bond motifs is 1. The van der Waals surface area contributed by atoms with Gasteiger partial charge < -0.3 is 14.6 Å². The number of aryl methyl sites for hydroxylation is 2. The van der Waals surface area contributed by atoms with Gasteiger partial charge in [0.15, 0.2) is 0 Å². The van der Waals surface area contributed by atoms with E-state index in [1.807, 2.05) is 24.3 Å². The molecule has 4 rings (SSSR count). The molecular weight excluding hydrogens is 386 g/mol. The zero-order valence-electron chi connectivity index (χ0n) is 18.4. The van der Waals surface area contributed by atoms with E-state index in [0.717, 1.165) is 37.2 Å². The fourth-order valence-corrected chi connectivity index (χ4v) is 4.37. The van der Waals surface area contributed by atoms with Gasteiger partial charge >= 0.3 is 0 Å². The van der Waals surface area contributed by atoms with Crippen molar-refractivity contribution in [3.8, 4) is 5.75 Å². The van der Waals surface area contributed by atoms with Crippen LogP contribution in [0.25, 0.3) is 0 Å². The molecule has 0 saturated heterocycles. The highest BCUT2D eigenvalue weighted by atomic mass is 16.5. The van der Waals surface area contributed by atoms with E-state index in [-0.39, 0.29) is 11.9 Å². The Balaban J connectivity index is 1.38. The molecule has 0 fully saturated rings. The maximum Gasteiger partial charge on any atom is 0.220 e. The number of hydrogen-bond donors (Lipinski definition) is 1. The Bertz CT molecular complexity index is 1010. The van der Waals surface area contributed by atoms with Gasteiger partial charge in [-0.3, -0.25) is 9.69 Å². The van der Waals surface area contributed by atoms with E-state index in [1.54, 1.807) is 7.11 Å². The summed E-state index contributed by atoms with van der Waals surface area (Å²) in [7, 11) is 3.73. The quantitative estimate of drug-likeness (QED) is 0.605. The summed E-state index contributed by atoms with van der Waals surface area (Å²) >= 11 is 0. The Labute approximate surface area is 184 Å². The van der Waals surface area contributed by atoms with Crippen LogP contribution in [0.5, 0.6) is 5.75 Å². The molecule has 3 aromatic rings. The van der Waals surface area contributed by atoms with Gasteiger partial charge in [-0.1, -0.05) is 36.4 Å². The largest absolute Gasteiger partial charge is 0.497 e. The number of carbonyl (C=O) groups excluding carboxylic acids is 1. The van der Waals surface area contributed by atoms with Crippen molar-refractivity contribution in [3.05, 3.63) is 89.2 Å². The van der Waals surface area contributed by atoms with Crippen molar-refractivity contribution in [1.82, 2.24) is 14.8 Å². The highest BCUT2D eigenvalue weighted by Gasteiger charge is 2.26. The first kappa shape index (κ1) is 21.2. The number of nitrogens with zero attached hydrogens (tertiary/aromatic N) is 2. The smallest absolute Gasteiger partial charge is 0.220 e. The van der Waals surface area contributed by atoms with E-state index in [1.165, 1.54) is 16.8 Å². The molecule has 1 aliphatic rings. The second-order valence-corrected chi connectivity index (χ2v) is 8.20. The van der Waals surface area contributed by atoms with Gasteiger partial charge in [-0.15, -0.1) is 0 Å². The average molecular weight is 418 g/mol. The highest BCUT2D eigenvalue weighted by Crippen LogP contribution is 2.27. The van der Waals surface area contributed by atoms with Crippen LogP contribution in [0.1, 0.15) is 34.8 Å². The molecule has 1 amide bonds. The van der Waals surface area contributed by atoms with Crippen LogP contribution in [-0.2, 0) is 31.2 Å². The lowest BCUT2D eigenvalue weighted by atomic mass is 9.97. The Hall–Kier alpha value is -3.05. The van der Waals surface area contributed by atoms with Crippen molar-refractivity contribution in [2.45, 2.75) is 31.8 Å². The van der Waals surface area contributed by atoms with E-state index in [9.17, 15) is 4.79 Å². The van der Waals surface area contributed by atoms with Gasteiger partial charge in [0.05, 0.1) is 13.2 Å². The fourth-order valence-electron chi connectivity index (χ4n) is 4.37. The molecule has 0 radical (unpaired) electrons. The summed E-state index contributed by atoms with van der Waals surface area (Å²) < 4.78 is 7.36. The Morgan fingerprint density at radius 2 is 1.84 bits per heavy atom. The minimum Gasteiger partial charge on any atom is -0.497 e. The van der Waals surface area contributed by atoms with Crippen LogP contribution in [0.15, 0.2) is 66.9 Å². The molecule has 1 atom stereocenters. The summed E-state index contributed by atoms with van der Waals surface area (Å²) in [5.41, 5.74) is 5.20. The average Bonchev–Trinajstić information content (AvgIpc) is 3.23. The van der Waals surface area contributed by atoms with Gasteiger partial charge in [-0.25, -0.2) is 0 Å². The zero-order valence-corrected chi connectivity index (χ0v) is 18.4. The van der Waals surface area contributed by atoms with Gasteiger partial charge in [0.25, 0.3) is 0 Å². The number of nitrogens with one attached hydrogen (secondary N) is 1. The van der Waals surface area contributed by atoms with E-state index in [0.29, 0.717) is 13.0 Å². The summed E-state index contributed by atoms with van der Waals surface area (Å²) in [5, 5.41) is 3.19. The van der Waals surface area contributed by atoms with Gasteiger partial charge in [0.2, 0.25) is 5.91 Å². The van der Waals surface area contributed by atoms with Crippen molar-refractivity contribution in [2.75, 3.05) is 20.2 Å². The number of hydrogen-bond acceptors (Lipinski definition) is 3. The minimum atomic E-state index is 0.0902. The lowest BCUT2D eigenvalue weighted by Gasteiger charge is -2.36. The van der Waals surface area contributed by atoms with Crippen LogP contribution in [0.3, 0.4) is 0 Å². The molecule has 1 aromatic heterocycles. The second-order valence-electron chi connectivity index (χ2n) is 8.20. The molecule has 162 valence electrons. The van der Waals surface area contributed by atoms with Crippen LogP contribution < -0.4 is 10.1 Å². The highest BCUT2D eigenvalue weighted by molar-refractivity contribution is 5.76. The van der Waals surface area contributed by atoms with Gasteiger partial charge in [-0.05, 0) is 53.8 Å². The summed E-state index contributed by atoms with van der Waals surface area (Å²) in [4.78, 5) is 15.1. The fraction of sp³-hybridized carbons (Fsp3) is 0.346. The van der Waals surface area contributed by atoms with Crippen molar-refractivity contribution >= 4 is 5.91 Å². The van der Waals surface area contributed by atoms with Crippen molar-refractivity contribution in [1.29, 1.82) is 0 Å². The van der Waals surface area contributed by atoms with Crippen molar-refractivity contribution in [3.63, 3.8) is 0 Å². The molecule has 0 saturated carbocycles. The molecule has 2 heterocycles. The zero-order chi connectivity index (χ0) is 21.6. The Kier molecular flexibility index (Phi) is 6.73. The number of aromatic nitrogens is 1.